The molecule has 0 spiro atoms. The van der Waals surface area contributed by atoms with Crippen molar-refractivity contribution in [3.05, 3.63) is 28.8 Å². The van der Waals surface area contributed by atoms with Gasteiger partial charge >= 0.3 is 0 Å². The van der Waals surface area contributed by atoms with Crippen molar-refractivity contribution in [1.82, 2.24) is 4.90 Å². The second-order valence-corrected chi connectivity index (χ2v) is 8.91. The Morgan fingerprint density at radius 2 is 1.63 bits per heavy atom. The van der Waals surface area contributed by atoms with Crippen LogP contribution in [0.1, 0.15) is 89.5 Å². The van der Waals surface area contributed by atoms with Gasteiger partial charge in [0.2, 0.25) is 0 Å². The second kappa shape index (κ2) is 11.7. The molecule has 0 aromatic heterocycles. The summed E-state index contributed by atoms with van der Waals surface area (Å²) in [6.07, 6.45) is 6.25. The van der Waals surface area contributed by atoms with Crippen LogP contribution in [0.3, 0.4) is 0 Å². The van der Waals surface area contributed by atoms with Crippen molar-refractivity contribution < 1.29 is 9.47 Å². The molecule has 0 amide bonds. The Kier molecular flexibility index (Phi) is 10.4. The number of aryl methyl sites for hydroxylation is 2. The van der Waals surface area contributed by atoms with Crippen LogP contribution in [0.5, 0.6) is 5.75 Å². The average molecular weight is 378 g/mol. The molecule has 1 aromatic carbocycles. The van der Waals surface area contributed by atoms with E-state index in [0.29, 0.717) is 0 Å². The molecule has 156 valence electrons. The van der Waals surface area contributed by atoms with E-state index >= 15 is 0 Å². The van der Waals surface area contributed by atoms with E-state index in [2.05, 4.69) is 72.5 Å². The minimum Gasteiger partial charge on any atom is -0.493 e. The number of hydrogen-bond donors (Lipinski definition) is 0. The van der Waals surface area contributed by atoms with Crippen molar-refractivity contribution in [2.45, 2.75) is 92.3 Å². The van der Waals surface area contributed by atoms with Crippen LogP contribution in [0.2, 0.25) is 0 Å². The van der Waals surface area contributed by atoms with Crippen LogP contribution < -0.4 is 4.74 Å². The van der Waals surface area contributed by atoms with Crippen molar-refractivity contribution in [2.75, 3.05) is 26.7 Å². The zero-order valence-corrected chi connectivity index (χ0v) is 19.2. The molecule has 1 rings (SSSR count). The van der Waals surface area contributed by atoms with Crippen LogP contribution in [-0.2, 0) is 4.74 Å². The van der Waals surface area contributed by atoms with E-state index in [4.69, 9.17) is 9.47 Å². The lowest BCUT2D eigenvalue weighted by Gasteiger charge is -2.27. The number of ether oxygens (including phenoxy) is 2. The van der Waals surface area contributed by atoms with Crippen LogP contribution in [0.4, 0.5) is 0 Å². The normalized spacial score (nSPS) is 13.2. The molecule has 1 unspecified atom stereocenters. The van der Waals surface area contributed by atoms with Crippen molar-refractivity contribution >= 4 is 0 Å². The second-order valence-electron chi connectivity index (χ2n) is 8.91. The summed E-state index contributed by atoms with van der Waals surface area (Å²) >= 11 is 0. The summed E-state index contributed by atoms with van der Waals surface area (Å²) in [5.74, 6) is 1.01. The van der Waals surface area contributed by atoms with Gasteiger partial charge in [-0.15, -0.1) is 0 Å². The SMILES string of the molecule is CCCCN(C)CCCCCOc1cc(C)c(C(C)OC(C)(C)C)cc1C. The molecule has 1 aromatic rings. The summed E-state index contributed by atoms with van der Waals surface area (Å²) < 4.78 is 12.2. The predicted octanol–water partition coefficient (Wildman–Crippen LogP) is 6.46. The highest BCUT2D eigenvalue weighted by Crippen LogP contribution is 2.31. The maximum absolute atomic E-state index is 6.12. The predicted molar refractivity (Wildman–Crippen MR) is 117 cm³/mol. The minimum atomic E-state index is -0.139. The van der Waals surface area contributed by atoms with Crippen LogP contribution in [0, 0.1) is 13.8 Å². The first-order valence-electron chi connectivity index (χ1n) is 10.7. The topological polar surface area (TPSA) is 21.7 Å². The Morgan fingerprint density at radius 1 is 0.963 bits per heavy atom. The van der Waals surface area contributed by atoms with Gasteiger partial charge in [0.1, 0.15) is 5.75 Å². The molecule has 0 N–H and O–H groups in total. The van der Waals surface area contributed by atoms with E-state index in [1.807, 2.05) is 0 Å². The van der Waals surface area contributed by atoms with E-state index in [0.717, 1.165) is 18.8 Å². The Bertz CT molecular complexity index is 548. The van der Waals surface area contributed by atoms with Gasteiger partial charge in [-0.25, -0.2) is 0 Å². The number of nitrogens with zero attached hydrogens (tertiary/aromatic N) is 1. The summed E-state index contributed by atoms with van der Waals surface area (Å²) in [4.78, 5) is 2.44. The summed E-state index contributed by atoms with van der Waals surface area (Å²) in [5.41, 5.74) is 3.55. The summed E-state index contributed by atoms with van der Waals surface area (Å²) in [5, 5.41) is 0. The molecule has 0 heterocycles. The fourth-order valence-electron chi connectivity index (χ4n) is 3.38. The molecule has 1 atom stereocenters. The lowest BCUT2D eigenvalue weighted by atomic mass is 10.00. The van der Waals surface area contributed by atoms with Crippen molar-refractivity contribution in [3.8, 4) is 5.75 Å². The molecule has 0 aliphatic carbocycles. The molecule has 0 aliphatic heterocycles. The van der Waals surface area contributed by atoms with Crippen molar-refractivity contribution in [1.29, 1.82) is 0 Å². The third kappa shape index (κ3) is 9.62. The first-order valence-corrected chi connectivity index (χ1v) is 10.7. The van der Waals surface area contributed by atoms with Gasteiger partial charge in [0, 0.05) is 0 Å². The van der Waals surface area contributed by atoms with Gasteiger partial charge in [-0.1, -0.05) is 13.3 Å². The highest BCUT2D eigenvalue weighted by molar-refractivity contribution is 5.42. The zero-order chi connectivity index (χ0) is 20.4. The van der Waals surface area contributed by atoms with Crippen LogP contribution in [-0.4, -0.2) is 37.2 Å². The Labute approximate surface area is 168 Å². The van der Waals surface area contributed by atoms with Crippen LogP contribution in [0.15, 0.2) is 12.1 Å². The van der Waals surface area contributed by atoms with Gasteiger partial charge in [-0.2, -0.15) is 0 Å². The summed E-state index contributed by atoms with van der Waals surface area (Å²) in [6.45, 7) is 18.2. The molecule has 0 bridgehead atoms. The number of rotatable bonds is 12. The summed E-state index contributed by atoms with van der Waals surface area (Å²) in [6, 6.07) is 4.40. The van der Waals surface area contributed by atoms with Gasteiger partial charge in [-0.3, -0.25) is 0 Å². The molecule has 0 fully saturated rings. The van der Waals surface area contributed by atoms with Crippen LogP contribution >= 0.6 is 0 Å². The minimum absolute atomic E-state index is 0.0856. The molecule has 3 heteroatoms. The van der Waals surface area contributed by atoms with Gasteiger partial charge in [0.05, 0.1) is 18.3 Å². The molecule has 0 aliphatic rings. The van der Waals surface area contributed by atoms with E-state index < -0.39 is 0 Å². The van der Waals surface area contributed by atoms with E-state index in [-0.39, 0.29) is 11.7 Å². The van der Waals surface area contributed by atoms with E-state index in [1.165, 1.54) is 55.5 Å². The first-order chi connectivity index (χ1) is 12.6. The van der Waals surface area contributed by atoms with Crippen LogP contribution in [0.25, 0.3) is 0 Å². The van der Waals surface area contributed by atoms with Gasteiger partial charge < -0.3 is 14.4 Å². The van der Waals surface area contributed by atoms with Gasteiger partial charge in [-0.05, 0) is 116 Å². The molecule has 27 heavy (non-hydrogen) atoms. The quantitative estimate of drug-likeness (QED) is 0.390. The third-order valence-corrected chi connectivity index (χ3v) is 4.87. The van der Waals surface area contributed by atoms with Crippen molar-refractivity contribution in [3.63, 3.8) is 0 Å². The lowest BCUT2D eigenvalue weighted by molar-refractivity contribution is -0.0532. The summed E-state index contributed by atoms with van der Waals surface area (Å²) in [7, 11) is 2.23. The zero-order valence-electron chi connectivity index (χ0n) is 19.2. The lowest BCUT2D eigenvalue weighted by Crippen LogP contribution is -2.21. The maximum atomic E-state index is 6.12. The molecular formula is C24H43NO2. The number of benzene rings is 1. The smallest absolute Gasteiger partial charge is 0.122 e. The Hall–Kier alpha value is -1.06. The Balaban J connectivity index is 2.43. The Morgan fingerprint density at radius 3 is 2.26 bits per heavy atom. The van der Waals surface area contributed by atoms with Gasteiger partial charge in [0.15, 0.2) is 0 Å². The maximum Gasteiger partial charge on any atom is 0.122 e. The molecule has 0 saturated carbocycles. The largest absolute Gasteiger partial charge is 0.493 e. The fraction of sp³-hybridized carbons (Fsp3) is 0.750. The monoisotopic (exact) mass is 377 g/mol. The molecule has 0 saturated heterocycles. The van der Waals surface area contributed by atoms with E-state index in [9.17, 15) is 0 Å². The highest BCUT2D eigenvalue weighted by Gasteiger charge is 2.19. The average Bonchev–Trinajstić information content (AvgIpc) is 2.56. The molecule has 3 nitrogen and oxygen atoms in total. The van der Waals surface area contributed by atoms with Crippen molar-refractivity contribution in [2.24, 2.45) is 0 Å². The molecule has 0 radical (unpaired) electrons. The fourth-order valence-corrected chi connectivity index (χ4v) is 3.38. The van der Waals surface area contributed by atoms with Gasteiger partial charge in [0.25, 0.3) is 0 Å². The number of hydrogen-bond acceptors (Lipinski definition) is 3. The standard InChI is InChI=1S/C24H43NO2/c1-9-10-14-25(8)15-12-11-13-16-26-23-18-19(2)22(17-20(23)3)21(4)27-24(5,6)7/h17-18,21H,9-16H2,1-8H3. The third-order valence-electron chi connectivity index (χ3n) is 4.87. The molecular weight excluding hydrogens is 334 g/mol. The highest BCUT2D eigenvalue weighted by atomic mass is 16.5. The number of unbranched alkanes of at least 4 members (excludes halogenated alkanes) is 3. The van der Waals surface area contributed by atoms with E-state index in [1.54, 1.807) is 0 Å². The first kappa shape index (κ1) is 24.0.